The van der Waals surface area contributed by atoms with Crippen molar-refractivity contribution in [2.75, 3.05) is 31.6 Å². The molecule has 0 spiro atoms. The Morgan fingerprint density at radius 2 is 1.61 bits per heavy atom. The summed E-state index contributed by atoms with van der Waals surface area (Å²) in [6, 6.07) is 19.3. The zero-order valence-corrected chi connectivity index (χ0v) is 19.3. The van der Waals surface area contributed by atoms with Crippen LogP contribution in [0.15, 0.2) is 71.7 Å². The molecule has 0 bridgehead atoms. The SMILES string of the molecule is CN=C(NCc1ccc(N2CC=CC2)cc1)NCC(C)(C)c1ccccc1.I. The van der Waals surface area contributed by atoms with Gasteiger partial charge < -0.3 is 15.5 Å². The molecule has 28 heavy (non-hydrogen) atoms. The molecule has 0 aliphatic carbocycles. The first-order valence-electron chi connectivity index (χ1n) is 9.57. The number of benzene rings is 2. The summed E-state index contributed by atoms with van der Waals surface area (Å²) in [6.07, 6.45) is 4.42. The molecule has 0 amide bonds. The lowest BCUT2D eigenvalue weighted by Gasteiger charge is -2.26. The van der Waals surface area contributed by atoms with Gasteiger partial charge in [0.25, 0.3) is 0 Å². The summed E-state index contributed by atoms with van der Waals surface area (Å²) >= 11 is 0. The van der Waals surface area contributed by atoms with Crippen LogP contribution in [0.3, 0.4) is 0 Å². The highest BCUT2D eigenvalue weighted by Crippen LogP contribution is 2.21. The zero-order chi connectivity index (χ0) is 19.1. The first kappa shape index (κ1) is 22.3. The molecule has 1 aliphatic heterocycles. The standard InChI is InChI=1S/C23H30N4.HI/c1-23(2,20-9-5-4-6-10-20)18-26-22(24-3)25-17-19-11-13-21(14-12-19)27-15-7-8-16-27;/h4-14H,15-18H2,1-3H3,(H2,24,25,26);1H. The molecule has 1 heterocycles. The molecule has 2 aromatic rings. The third kappa shape index (κ3) is 5.99. The van der Waals surface area contributed by atoms with E-state index in [-0.39, 0.29) is 29.4 Å². The van der Waals surface area contributed by atoms with Crippen molar-refractivity contribution in [3.8, 4) is 0 Å². The van der Waals surface area contributed by atoms with Crippen molar-refractivity contribution >= 4 is 35.6 Å². The van der Waals surface area contributed by atoms with Crippen LogP contribution in [0.5, 0.6) is 0 Å². The molecule has 0 atom stereocenters. The van der Waals surface area contributed by atoms with Crippen LogP contribution in [-0.2, 0) is 12.0 Å². The van der Waals surface area contributed by atoms with Gasteiger partial charge in [-0.1, -0.05) is 68.5 Å². The molecule has 0 fully saturated rings. The summed E-state index contributed by atoms with van der Waals surface area (Å²) in [7, 11) is 1.81. The fraction of sp³-hybridized carbons (Fsp3) is 0.348. The van der Waals surface area contributed by atoms with Crippen molar-refractivity contribution in [3.63, 3.8) is 0 Å². The summed E-state index contributed by atoms with van der Waals surface area (Å²) in [4.78, 5) is 6.71. The monoisotopic (exact) mass is 490 g/mol. The summed E-state index contributed by atoms with van der Waals surface area (Å²) in [5, 5.41) is 6.87. The van der Waals surface area contributed by atoms with E-state index in [2.05, 4.69) is 101 Å². The van der Waals surface area contributed by atoms with Crippen LogP contribution in [0.25, 0.3) is 0 Å². The Labute approximate surface area is 186 Å². The van der Waals surface area contributed by atoms with Gasteiger partial charge >= 0.3 is 0 Å². The van der Waals surface area contributed by atoms with Gasteiger partial charge in [0, 0.05) is 44.3 Å². The minimum absolute atomic E-state index is 0. The van der Waals surface area contributed by atoms with E-state index in [9.17, 15) is 0 Å². The van der Waals surface area contributed by atoms with Crippen molar-refractivity contribution in [2.24, 2.45) is 4.99 Å². The van der Waals surface area contributed by atoms with Gasteiger partial charge in [-0.25, -0.2) is 0 Å². The predicted molar refractivity (Wildman–Crippen MR) is 131 cm³/mol. The second-order valence-electron chi connectivity index (χ2n) is 7.57. The van der Waals surface area contributed by atoms with Crippen LogP contribution >= 0.6 is 24.0 Å². The van der Waals surface area contributed by atoms with Crippen LogP contribution in [0.4, 0.5) is 5.69 Å². The maximum atomic E-state index is 4.36. The van der Waals surface area contributed by atoms with E-state index in [1.807, 2.05) is 7.05 Å². The lowest BCUT2D eigenvalue weighted by molar-refractivity contribution is 0.508. The van der Waals surface area contributed by atoms with Crippen molar-refractivity contribution in [3.05, 3.63) is 77.9 Å². The Balaban J connectivity index is 0.00000280. The summed E-state index contributed by atoms with van der Waals surface area (Å²) in [5.74, 6) is 0.826. The van der Waals surface area contributed by atoms with Crippen molar-refractivity contribution in [1.82, 2.24) is 10.6 Å². The minimum atomic E-state index is 0. The molecule has 0 saturated carbocycles. The molecule has 2 aromatic carbocycles. The fourth-order valence-corrected chi connectivity index (χ4v) is 3.22. The van der Waals surface area contributed by atoms with Crippen LogP contribution in [-0.4, -0.2) is 32.6 Å². The molecule has 2 N–H and O–H groups in total. The van der Waals surface area contributed by atoms with Crippen LogP contribution in [0.2, 0.25) is 0 Å². The van der Waals surface area contributed by atoms with E-state index in [1.54, 1.807) is 0 Å². The molecule has 0 unspecified atom stereocenters. The molecule has 3 rings (SSSR count). The predicted octanol–water partition coefficient (Wildman–Crippen LogP) is 4.32. The largest absolute Gasteiger partial charge is 0.364 e. The molecule has 0 radical (unpaired) electrons. The maximum Gasteiger partial charge on any atom is 0.191 e. The first-order valence-corrected chi connectivity index (χ1v) is 9.57. The van der Waals surface area contributed by atoms with Gasteiger partial charge in [-0.05, 0) is 23.3 Å². The third-order valence-electron chi connectivity index (χ3n) is 5.06. The Morgan fingerprint density at radius 1 is 0.964 bits per heavy atom. The maximum absolute atomic E-state index is 4.36. The van der Waals surface area contributed by atoms with Gasteiger partial charge in [-0.2, -0.15) is 0 Å². The second-order valence-corrected chi connectivity index (χ2v) is 7.57. The minimum Gasteiger partial charge on any atom is -0.364 e. The number of hydrogen-bond donors (Lipinski definition) is 2. The van der Waals surface area contributed by atoms with E-state index >= 15 is 0 Å². The molecular formula is C23H31IN4. The number of guanidine groups is 1. The van der Waals surface area contributed by atoms with Crippen molar-refractivity contribution in [2.45, 2.75) is 25.8 Å². The number of nitrogens with zero attached hydrogens (tertiary/aromatic N) is 2. The zero-order valence-electron chi connectivity index (χ0n) is 17.0. The third-order valence-corrected chi connectivity index (χ3v) is 5.06. The van der Waals surface area contributed by atoms with Crippen molar-refractivity contribution in [1.29, 1.82) is 0 Å². The van der Waals surface area contributed by atoms with E-state index in [0.29, 0.717) is 0 Å². The quantitative estimate of drug-likeness (QED) is 0.274. The summed E-state index contributed by atoms with van der Waals surface area (Å²) in [6.45, 7) is 8.07. The van der Waals surface area contributed by atoms with Crippen LogP contribution in [0.1, 0.15) is 25.0 Å². The van der Waals surface area contributed by atoms with Gasteiger partial charge in [0.15, 0.2) is 5.96 Å². The molecule has 1 aliphatic rings. The van der Waals surface area contributed by atoms with E-state index in [4.69, 9.17) is 0 Å². The average Bonchev–Trinajstić information content (AvgIpc) is 3.24. The lowest BCUT2D eigenvalue weighted by atomic mass is 9.85. The molecular weight excluding hydrogens is 459 g/mol. The average molecular weight is 490 g/mol. The number of rotatable bonds is 6. The van der Waals surface area contributed by atoms with E-state index in [0.717, 1.165) is 32.1 Å². The Hall–Kier alpha value is -2.02. The highest BCUT2D eigenvalue weighted by atomic mass is 127. The number of aliphatic imine (C=N–C) groups is 1. The van der Waals surface area contributed by atoms with Gasteiger partial charge in [0.2, 0.25) is 0 Å². The normalized spacial score (nSPS) is 14.0. The fourth-order valence-electron chi connectivity index (χ4n) is 3.22. The molecule has 150 valence electrons. The molecule has 5 heteroatoms. The van der Waals surface area contributed by atoms with Crippen molar-refractivity contribution < 1.29 is 0 Å². The van der Waals surface area contributed by atoms with Gasteiger partial charge in [0.1, 0.15) is 0 Å². The number of nitrogens with one attached hydrogen (secondary N) is 2. The first-order chi connectivity index (χ1) is 13.1. The van der Waals surface area contributed by atoms with E-state index in [1.165, 1.54) is 16.8 Å². The Bertz CT molecular complexity index is 774. The summed E-state index contributed by atoms with van der Waals surface area (Å²) < 4.78 is 0. The smallest absolute Gasteiger partial charge is 0.191 e. The Kier molecular flexibility index (Phi) is 8.35. The number of halogens is 1. The molecule has 0 saturated heterocycles. The van der Waals surface area contributed by atoms with Gasteiger partial charge in [0.05, 0.1) is 0 Å². The van der Waals surface area contributed by atoms with E-state index < -0.39 is 0 Å². The lowest BCUT2D eigenvalue weighted by Crippen LogP contribution is -2.43. The topological polar surface area (TPSA) is 39.7 Å². The molecule has 0 aromatic heterocycles. The summed E-state index contributed by atoms with van der Waals surface area (Å²) in [5.41, 5.74) is 3.87. The second kappa shape index (κ2) is 10.5. The highest BCUT2D eigenvalue weighted by Gasteiger charge is 2.20. The molecule has 4 nitrogen and oxygen atoms in total. The van der Waals surface area contributed by atoms with Crippen LogP contribution < -0.4 is 15.5 Å². The highest BCUT2D eigenvalue weighted by molar-refractivity contribution is 14.0. The Morgan fingerprint density at radius 3 is 2.21 bits per heavy atom. The number of hydrogen-bond acceptors (Lipinski definition) is 2. The van der Waals surface area contributed by atoms with Gasteiger partial charge in [-0.15, -0.1) is 24.0 Å². The van der Waals surface area contributed by atoms with Crippen LogP contribution in [0, 0.1) is 0 Å². The van der Waals surface area contributed by atoms with Gasteiger partial charge in [-0.3, -0.25) is 4.99 Å². The number of anilines is 1.